The third-order valence-corrected chi connectivity index (χ3v) is 6.97. The zero-order valence-corrected chi connectivity index (χ0v) is 18.1. The number of benzene rings is 1. The Morgan fingerprint density at radius 3 is 2.48 bits per heavy atom. The minimum Gasteiger partial charge on any atom is -0.340 e. The molecule has 1 aromatic carbocycles. The van der Waals surface area contributed by atoms with Crippen molar-refractivity contribution in [2.75, 3.05) is 26.2 Å². The third-order valence-electron chi connectivity index (χ3n) is 6.97. The van der Waals surface area contributed by atoms with E-state index in [4.69, 9.17) is 0 Å². The van der Waals surface area contributed by atoms with Crippen LogP contribution in [-0.2, 0) is 20.9 Å². The molecule has 1 aromatic rings. The SMILES string of the molecule is O=C(CCC1CCCCC1)N1CCCN2C(=O)CN(Cc3ccc(F)cc3)C(=O)C2C1. The third kappa shape index (κ3) is 5.25. The molecule has 3 aliphatic rings. The number of carbonyl (C=O) groups is 3. The van der Waals surface area contributed by atoms with Crippen LogP contribution in [0.15, 0.2) is 24.3 Å². The van der Waals surface area contributed by atoms with Gasteiger partial charge in [0, 0.05) is 26.1 Å². The molecule has 2 saturated heterocycles. The molecule has 3 amide bonds. The maximum absolute atomic E-state index is 13.2. The molecule has 0 N–H and O–H groups in total. The molecule has 2 aliphatic heterocycles. The summed E-state index contributed by atoms with van der Waals surface area (Å²) >= 11 is 0. The molecule has 4 rings (SSSR count). The van der Waals surface area contributed by atoms with Gasteiger partial charge in [-0.3, -0.25) is 14.4 Å². The van der Waals surface area contributed by atoms with E-state index in [2.05, 4.69) is 0 Å². The lowest BCUT2D eigenvalue weighted by atomic mass is 9.86. The number of halogens is 1. The zero-order chi connectivity index (χ0) is 21.8. The number of nitrogens with zero attached hydrogens (tertiary/aromatic N) is 3. The van der Waals surface area contributed by atoms with Crippen molar-refractivity contribution in [3.63, 3.8) is 0 Å². The van der Waals surface area contributed by atoms with E-state index in [1.165, 1.54) is 49.1 Å². The lowest BCUT2D eigenvalue weighted by molar-refractivity contribution is -0.157. The van der Waals surface area contributed by atoms with Gasteiger partial charge < -0.3 is 14.7 Å². The lowest BCUT2D eigenvalue weighted by Crippen LogP contribution is -2.61. The Labute approximate surface area is 183 Å². The van der Waals surface area contributed by atoms with Crippen molar-refractivity contribution >= 4 is 17.7 Å². The zero-order valence-electron chi connectivity index (χ0n) is 18.1. The number of carbonyl (C=O) groups excluding carboxylic acids is 3. The minimum atomic E-state index is -0.622. The predicted octanol–water partition coefficient (Wildman–Crippen LogP) is 2.96. The van der Waals surface area contributed by atoms with Crippen molar-refractivity contribution in [3.05, 3.63) is 35.6 Å². The highest BCUT2D eigenvalue weighted by Gasteiger charge is 2.42. The van der Waals surface area contributed by atoms with Crippen LogP contribution >= 0.6 is 0 Å². The van der Waals surface area contributed by atoms with Gasteiger partial charge >= 0.3 is 0 Å². The number of piperazine rings is 1. The predicted molar refractivity (Wildman–Crippen MR) is 114 cm³/mol. The Bertz CT molecular complexity index is 807. The van der Waals surface area contributed by atoms with Gasteiger partial charge in [-0.1, -0.05) is 44.2 Å². The minimum absolute atomic E-state index is 0.0301. The first-order valence-corrected chi connectivity index (χ1v) is 11.6. The molecule has 31 heavy (non-hydrogen) atoms. The monoisotopic (exact) mass is 429 g/mol. The molecule has 168 valence electrons. The standard InChI is InChI=1S/C24H32FN3O3/c25-20-10-7-19(8-11-20)15-27-17-23(30)28-14-4-13-26(16-21(28)24(27)31)22(29)12-9-18-5-2-1-3-6-18/h7-8,10-11,18,21H,1-6,9,12-17H2. The Balaban J connectivity index is 1.39. The van der Waals surface area contributed by atoms with Gasteiger partial charge in [0.1, 0.15) is 18.4 Å². The number of hydrogen-bond donors (Lipinski definition) is 0. The second kappa shape index (κ2) is 9.79. The van der Waals surface area contributed by atoms with Gasteiger partial charge in [0.2, 0.25) is 17.7 Å². The summed E-state index contributed by atoms with van der Waals surface area (Å²) in [7, 11) is 0. The first-order valence-electron chi connectivity index (χ1n) is 11.6. The molecular formula is C24H32FN3O3. The lowest BCUT2D eigenvalue weighted by Gasteiger charge is -2.40. The molecule has 0 aromatic heterocycles. The molecule has 7 heteroatoms. The van der Waals surface area contributed by atoms with Crippen molar-refractivity contribution < 1.29 is 18.8 Å². The molecular weight excluding hydrogens is 397 g/mol. The van der Waals surface area contributed by atoms with Crippen molar-refractivity contribution in [1.29, 1.82) is 0 Å². The fourth-order valence-corrected chi connectivity index (χ4v) is 5.17. The maximum atomic E-state index is 13.2. The summed E-state index contributed by atoms with van der Waals surface area (Å²) in [5.74, 6) is 0.204. The van der Waals surface area contributed by atoms with Crippen LogP contribution in [-0.4, -0.2) is 64.6 Å². The van der Waals surface area contributed by atoms with Crippen LogP contribution in [0.5, 0.6) is 0 Å². The van der Waals surface area contributed by atoms with Crippen LogP contribution in [0.3, 0.4) is 0 Å². The summed E-state index contributed by atoms with van der Waals surface area (Å²) in [6.07, 6.45) is 8.41. The molecule has 1 atom stereocenters. The Morgan fingerprint density at radius 2 is 1.74 bits per heavy atom. The topological polar surface area (TPSA) is 60.9 Å². The number of hydrogen-bond acceptors (Lipinski definition) is 3. The molecule has 1 saturated carbocycles. The van der Waals surface area contributed by atoms with E-state index < -0.39 is 6.04 Å². The number of amides is 3. The van der Waals surface area contributed by atoms with Crippen LogP contribution in [0.2, 0.25) is 0 Å². The summed E-state index contributed by atoms with van der Waals surface area (Å²) < 4.78 is 13.2. The molecule has 1 unspecified atom stereocenters. The van der Waals surface area contributed by atoms with Gasteiger partial charge in [0.25, 0.3) is 0 Å². The first kappa shape index (κ1) is 21.8. The van der Waals surface area contributed by atoms with Crippen LogP contribution in [0.1, 0.15) is 56.9 Å². The highest BCUT2D eigenvalue weighted by Crippen LogP contribution is 2.28. The summed E-state index contributed by atoms with van der Waals surface area (Å²) in [5, 5.41) is 0. The average Bonchev–Trinajstić information content (AvgIpc) is 3.02. The van der Waals surface area contributed by atoms with Gasteiger partial charge in [0.05, 0.1) is 6.54 Å². The van der Waals surface area contributed by atoms with E-state index in [9.17, 15) is 18.8 Å². The van der Waals surface area contributed by atoms with E-state index in [0.717, 1.165) is 12.0 Å². The maximum Gasteiger partial charge on any atom is 0.247 e. The van der Waals surface area contributed by atoms with Crippen LogP contribution in [0.4, 0.5) is 4.39 Å². The highest BCUT2D eigenvalue weighted by molar-refractivity contribution is 5.95. The summed E-state index contributed by atoms with van der Waals surface area (Å²) in [6.45, 7) is 1.67. The first-order chi connectivity index (χ1) is 15.0. The number of fused-ring (bicyclic) bond motifs is 1. The molecule has 3 fully saturated rings. The smallest absolute Gasteiger partial charge is 0.247 e. The fraction of sp³-hybridized carbons (Fsp3) is 0.625. The van der Waals surface area contributed by atoms with Gasteiger partial charge in [-0.05, 0) is 36.5 Å². The van der Waals surface area contributed by atoms with Crippen molar-refractivity contribution in [2.45, 2.75) is 64.0 Å². The molecule has 0 spiro atoms. The second-order valence-electron chi connectivity index (χ2n) is 9.16. The average molecular weight is 430 g/mol. The summed E-state index contributed by atoms with van der Waals surface area (Å²) in [4.78, 5) is 43.9. The Kier molecular flexibility index (Phi) is 6.88. The van der Waals surface area contributed by atoms with Crippen molar-refractivity contribution in [2.24, 2.45) is 5.92 Å². The van der Waals surface area contributed by atoms with E-state index in [1.807, 2.05) is 0 Å². The van der Waals surface area contributed by atoms with Crippen LogP contribution < -0.4 is 0 Å². The van der Waals surface area contributed by atoms with Gasteiger partial charge in [0.15, 0.2) is 0 Å². The highest BCUT2D eigenvalue weighted by atomic mass is 19.1. The van der Waals surface area contributed by atoms with Gasteiger partial charge in [-0.2, -0.15) is 0 Å². The second-order valence-corrected chi connectivity index (χ2v) is 9.16. The molecule has 1 aliphatic carbocycles. The van der Waals surface area contributed by atoms with Gasteiger partial charge in [-0.25, -0.2) is 4.39 Å². The van der Waals surface area contributed by atoms with Gasteiger partial charge in [-0.15, -0.1) is 0 Å². The van der Waals surface area contributed by atoms with E-state index in [0.29, 0.717) is 31.8 Å². The van der Waals surface area contributed by atoms with Crippen molar-refractivity contribution in [3.8, 4) is 0 Å². The largest absolute Gasteiger partial charge is 0.340 e. The van der Waals surface area contributed by atoms with Crippen molar-refractivity contribution in [1.82, 2.24) is 14.7 Å². The number of rotatable bonds is 5. The molecule has 0 radical (unpaired) electrons. The van der Waals surface area contributed by atoms with E-state index in [1.54, 1.807) is 21.9 Å². The summed E-state index contributed by atoms with van der Waals surface area (Å²) in [6, 6.07) is 5.36. The Hall–Kier alpha value is -2.44. The molecule has 2 heterocycles. The molecule has 0 bridgehead atoms. The summed E-state index contributed by atoms with van der Waals surface area (Å²) in [5.41, 5.74) is 0.782. The quantitative estimate of drug-likeness (QED) is 0.723. The molecule has 6 nitrogen and oxygen atoms in total. The van der Waals surface area contributed by atoms with Crippen LogP contribution in [0, 0.1) is 11.7 Å². The van der Waals surface area contributed by atoms with E-state index in [-0.39, 0.29) is 43.2 Å². The fourth-order valence-electron chi connectivity index (χ4n) is 5.17. The van der Waals surface area contributed by atoms with Crippen LogP contribution in [0.25, 0.3) is 0 Å². The Morgan fingerprint density at radius 1 is 1.00 bits per heavy atom. The van der Waals surface area contributed by atoms with E-state index >= 15 is 0 Å². The normalized spacial score (nSPS) is 23.0.